The summed E-state index contributed by atoms with van der Waals surface area (Å²) in [5, 5.41) is 7.18. The van der Waals surface area contributed by atoms with Gasteiger partial charge in [0.05, 0.1) is 0 Å². The van der Waals surface area contributed by atoms with E-state index in [-0.39, 0.29) is 12.4 Å². The van der Waals surface area contributed by atoms with Gasteiger partial charge in [0, 0.05) is 13.2 Å². The summed E-state index contributed by atoms with van der Waals surface area (Å²) in [6, 6.07) is 5.50. The molecule has 1 aromatic heterocycles. The second-order valence-corrected chi connectivity index (χ2v) is 1.70. The topological polar surface area (TPSA) is 28.8 Å². The average molecular weight is 145 g/mol. The number of nitrogens with zero attached hydrogens (tertiary/aromatic N) is 1. The SMILES string of the molecule is Cl.Cn1ccccc1=N. The van der Waals surface area contributed by atoms with Gasteiger partial charge in [-0.25, -0.2) is 0 Å². The molecular formula is C6H9ClN2. The molecule has 0 aliphatic rings. The van der Waals surface area contributed by atoms with E-state index in [0.29, 0.717) is 5.49 Å². The van der Waals surface area contributed by atoms with Gasteiger partial charge in [-0.15, -0.1) is 12.4 Å². The lowest BCUT2D eigenvalue weighted by molar-refractivity contribution is 0.817. The summed E-state index contributed by atoms with van der Waals surface area (Å²) >= 11 is 0. The molecule has 1 N–H and O–H groups in total. The highest BCUT2D eigenvalue weighted by Gasteiger charge is 1.75. The molecule has 0 radical (unpaired) electrons. The molecule has 1 rings (SSSR count). The zero-order valence-corrected chi connectivity index (χ0v) is 5.98. The normalized spacial score (nSPS) is 8.11. The number of rotatable bonds is 0. The molecule has 1 aromatic rings. The molecule has 0 aliphatic heterocycles. The van der Waals surface area contributed by atoms with Crippen molar-refractivity contribution >= 4 is 12.4 Å². The van der Waals surface area contributed by atoms with Gasteiger partial charge < -0.3 is 4.57 Å². The van der Waals surface area contributed by atoms with Crippen LogP contribution in [0.25, 0.3) is 0 Å². The first-order chi connectivity index (χ1) is 3.80. The molecule has 0 aromatic carbocycles. The van der Waals surface area contributed by atoms with E-state index in [4.69, 9.17) is 5.41 Å². The molecule has 0 fully saturated rings. The molecule has 50 valence electrons. The maximum absolute atomic E-state index is 7.18. The molecule has 1 heterocycles. The van der Waals surface area contributed by atoms with Crippen LogP contribution in [-0.2, 0) is 7.05 Å². The fourth-order valence-electron chi connectivity index (χ4n) is 0.523. The van der Waals surface area contributed by atoms with Crippen LogP contribution in [0.1, 0.15) is 0 Å². The van der Waals surface area contributed by atoms with Gasteiger partial charge in [-0.2, -0.15) is 0 Å². The minimum Gasteiger partial charge on any atom is -0.337 e. The first kappa shape index (κ1) is 8.24. The van der Waals surface area contributed by atoms with Crippen molar-refractivity contribution in [3.05, 3.63) is 29.9 Å². The quantitative estimate of drug-likeness (QED) is 0.561. The van der Waals surface area contributed by atoms with Crippen molar-refractivity contribution in [1.82, 2.24) is 4.57 Å². The molecule has 2 nitrogen and oxygen atoms in total. The molecular weight excluding hydrogens is 136 g/mol. The highest BCUT2D eigenvalue weighted by Crippen LogP contribution is 1.73. The average Bonchev–Trinajstić information content (AvgIpc) is 1.77. The standard InChI is InChI=1S/C6H8N2.ClH/c1-8-5-3-2-4-6(8)7;/h2-5,7H,1H3;1H. The van der Waals surface area contributed by atoms with Crippen LogP contribution in [-0.4, -0.2) is 4.57 Å². The molecule has 0 atom stereocenters. The molecule has 0 amide bonds. The molecule has 0 saturated carbocycles. The van der Waals surface area contributed by atoms with Gasteiger partial charge in [-0.05, 0) is 12.1 Å². The zero-order valence-electron chi connectivity index (χ0n) is 5.16. The fraction of sp³-hybridized carbons (Fsp3) is 0.167. The summed E-state index contributed by atoms with van der Waals surface area (Å²) in [4.78, 5) is 0. The molecule has 0 saturated heterocycles. The predicted octanol–water partition coefficient (Wildman–Crippen LogP) is 0.926. The van der Waals surface area contributed by atoms with Crippen LogP contribution >= 0.6 is 12.4 Å². The van der Waals surface area contributed by atoms with Gasteiger partial charge in [-0.3, -0.25) is 5.41 Å². The minimum absolute atomic E-state index is 0. The van der Waals surface area contributed by atoms with Crippen LogP contribution in [0.3, 0.4) is 0 Å². The van der Waals surface area contributed by atoms with Crippen molar-refractivity contribution in [2.75, 3.05) is 0 Å². The van der Waals surface area contributed by atoms with E-state index in [2.05, 4.69) is 0 Å². The van der Waals surface area contributed by atoms with Gasteiger partial charge in [-0.1, -0.05) is 6.07 Å². The Balaban J connectivity index is 0.000000640. The Kier molecular flexibility index (Phi) is 3.02. The molecule has 0 spiro atoms. The van der Waals surface area contributed by atoms with Gasteiger partial charge in [0.2, 0.25) is 0 Å². The van der Waals surface area contributed by atoms with Crippen molar-refractivity contribution in [3.63, 3.8) is 0 Å². The van der Waals surface area contributed by atoms with Crippen molar-refractivity contribution in [2.45, 2.75) is 0 Å². The van der Waals surface area contributed by atoms with Gasteiger partial charge in [0.25, 0.3) is 0 Å². The van der Waals surface area contributed by atoms with Gasteiger partial charge >= 0.3 is 0 Å². The Morgan fingerprint density at radius 3 is 2.44 bits per heavy atom. The molecule has 0 aliphatic carbocycles. The molecule has 0 unspecified atom stereocenters. The number of halogens is 1. The lowest BCUT2D eigenvalue weighted by Crippen LogP contribution is -2.12. The Morgan fingerprint density at radius 2 is 2.11 bits per heavy atom. The highest BCUT2D eigenvalue weighted by atomic mass is 35.5. The van der Waals surface area contributed by atoms with Crippen LogP contribution in [0.2, 0.25) is 0 Å². The largest absolute Gasteiger partial charge is 0.337 e. The number of aryl methyl sites for hydroxylation is 1. The summed E-state index contributed by atoms with van der Waals surface area (Å²) in [6.45, 7) is 0. The summed E-state index contributed by atoms with van der Waals surface area (Å²) in [5.74, 6) is 0. The zero-order chi connectivity index (χ0) is 5.98. The van der Waals surface area contributed by atoms with E-state index in [1.54, 1.807) is 10.6 Å². The minimum atomic E-state index is 0. The monoisotopic (exact) mass is 144 g/mol. The van der Waals surface area contributed by atoms with Crippen LogP contribution in [0, 0.1) is 5.41 Å². The predicted molar refractivity (Wildman–Crippen MR) is 38.5 cm³/mol. The number of nitrogens with one attached hydrogen (secondary N) is 1. The third-order valence-corrected chi connectivity index (χ3v) is 1.05. The van der Waals surface area contributed by atoms with Crippen molar-refractivity contribution in [2.24, 2.45) is 7.05 Å². The van der Waals surface area contributed by atoms with Crippen LogP contribution in [0.15, 0.2) is 24.4 Å². The number of pyridine rings is 1. The number of aromatic nitrogens is 1. The van der Waals surface area contributed by atoms with Crippen molar-refractivity contribution in [1.29, 1.82) is 5.41 Å². The fourth-order valence-corrected chi connectivity index (χ4v) is 0.523. The smallest absolute Gasteiger partial charge is 0.124 e. The second kappa shape index (κ2) is 3.30. The summed E-state index contributed by atoms with van der Waals surface area (Å²) < 4.78 is 1.75. The van der Waals surface area contributed by atoms with E-state index in [1.807, 2.05) is 25.4 Å². The van der Waals surface area contributed by atoms with Crippen molar-refractivity contribution < 1.29 is 0 Å². The summed E-state index contributed by atoms with van der Waals surface area (Å²) in [6.07, 6.45) is 1.85. The highest BCUT2D eigenvalue weighted by molar-refractivity contribution is 5.85. The number of hydrogen-bond donors (Lipinski definition) is 1. The van der Waals surface area contributed by atoms with Gasteiger partial charge in [0.1, 0.15) is 5.49 Å². The van der Waals surface area contributed by atoms with Crippen LogP contribution in [0.5, 0.6) is 0 Å². The lowest BCUT2D eigenvalue weighted by atomic mass is 10.5. The van der Waals surface area contributed by atoms with E-state index >= 15 is 0 Å². The summed E-state index contributed by atoms with van der Waals surface area (Å²) in [7, 11) is 1.85. The van der Waals surface area contributed by atoms with Gasteiger partial charge in [0.15, 0.2) is 0 Å². The van der Waals surface area contributed by atoms with Crippen LogP contribution < -0.4 is 5.49 Å². The number of hydrogen-bond acceptors (Lipinski definition) is 1. The Bertz CT molecular complexity index is 228. The molecule has 9 heavy (non-hydrogen) atoms. The Hall–Kier alpha value is -0.760. The van der Waals surface area contributed by atoms with E-state index < -0.39 is 0 Å². The van der Waals surface area contributed by atoms with Crippen molar-refractivity contribution in [3.8, 4) is 0 Å². The maximum atomic E-state index is 7.18. The van der Waals surface area contributed by atoms with E-state index in [0.717, 1.165) is 0 Å². The third kappa shape index (κ3) is 1.90. The summed E-state index contributed by atoms with van der Waals surface area (Å²) in [5.41, 5.74) is 0.535. The maximum Gasteiger partial charge on any atom is 0.124 e. The lowest BCUT2D eigenvalue weighted by Gasteiger charge is -1.92. The third-order valence-electron chi connectivity index (χ3n) is 1.05. The molecule has 3 heteroatoms. The molecule has 0 bridgehead atoms. The van der Waals surface area contributed by atoms with E-state index in [9.17, 15) is 0 Å². The first-order valence-corrected chi connectivity index (χ1v) is 2.47. The van der Waals surface area contributed by atoms with E-state index in [1.165, 1.54) is 0 Å². The second-order valence-electron chi connectivity index (χ2n) is 1.70. The van der Waals surface area contributed by atoms with Crippen LogP contribution in [0.4, 0.5) is 0 Å². The Labute approximate surface area is 60.1 Å². The Morgan fingerprint density at radius 1 is 1.44 bits per heavy atom. The first-order valence-electron chi connectivity index (χ1n) is 2.47.